The van der Waals surface area contributed by atoms with Gasteiger partial charge in [0, 0.05) is 0 Å². The highest BCUT2D eigenvalue weighted by Crippen LogP contribution is 2.39. The predicted molar refractivity (Wildman–Crippen MR) is 129 cm³/mol. The summed E-state index contributed by atoms with van der Waals surface area (Å²) in [5.41, 5.74) is 1.03. The molecular weight excluding hydrogens is 512 g/mol. The van der Waals surface area contributed by atoms with Crippen molar-refractivity contribution in [3.8, 4) is 29.6 Å². The molecule has 0 radical (unpaired) electrons. The number of benzene rings is 2. The first-order valence-corrected chi connectivity index (χ1v) is 11.1. The topological polar surface area (TPSA) is 94.2 Å². The summed E-state index contributed by atoms with van der Waals surface area (Å²) in [7, 11) is 2.95. The third-order valence-corrected chi connectivity index (χ3v) is 5.90. The fourth-order valence-electron chi connectivity index (χ4n) is 2.95. The van der Waals surface area contributed by atoms with E-state index in [1.54, 1.807) is 42.5 Å². The van der Waals surface area contributed by atoms with E-state index in [4.69, 9.17) is 20.6 Å². The van der Waals surface area contributed by atoms with Gasteiger partial charge in [0.05, 0.1) is 29.3 Å². The van der Waals surface area contributed by atoms with Crippen LogP contribution in [0, 0.1) is 12.3 Å². The van der Waals surface area contributed by atoms with Crippen LogP contribution in [0.2, 0.25) is 0 Å². The lowest BCUT2D eigenvalue weighted by atomic mass is 10.2. The van der Waals surface area contributed by atoms with Crippen LogP contribution in [0.25, 0.3) is 6.08 Å². The van der Waals surface area contributed by atoms with E-state index in [0.717, 1.165) is 16.7 Å². The van der Waals surface area contributed by atoms with Gasteiger partial charge < -0.3 is 19.5 Å². The first kappa shape index (κ1) is 24.2. The van der Waals surface area contributed by atoms with Crippen molar-refractivity contribution < 1.29 is 28.6 Å². The van der Waals surface area contributed by atoms with Crippen molar-refractivity contribution in [2.75, 3.05) is 32.7 Å². The van der Waals surface area contributed by atoms with Gasteiger partial charge in [-0.15, -0.1) is 6.42 Å². The number of terminal acetylenes is 1. The van der Waals surface area contributed by atoms with Crippen LogP contribution in [-0.4, -0.2) is 49.3 Å². The molecule has 0 aromatic heterocycles. The SMILES string of the molecule is C#CCOc1c(Br)cc(/C=C2\SC(=O)N(CC(=O)Nc3ccccc3OC)C2=O)cc1OC. The Kier molecular flexibility index (Phi) is 8.03. The van der Waals surface area contributed by atoms with Crippen LogP contribution < -0.4 is 19.5 Å². The second-order valence-electron chi connectivity index (χ2n) is 6.54. The molecular formula is C23H19BrN2O6S. The van der Waals surface area contributed by atoms with Crippen LogP contribution in [0.15, 0.2) is 45.8 Å². The van der Waals surface area contributed by atoms with E-state index in [2.05, 4.69) is 27.2 Å². The van der Waals surface area contributed by atoms with Gasteiger partial charge in [0.15, 0.2) is 11.5 Å². The highest BCUT2D eigenvalue weighted by molar-refractivity contribution is 9.10. The average Bonchev–Trinajstić information content (AvgIpc) is 3.05. The molecule has 1 aliphatic rings. The molecule has 1 saturated heterocycles. The molecule has 8 nitrogen and oxygen atoms in total. The van der Waals surface area contributed by atoms with Crippen molar-refractivity contribution in [3.63, 3.8) is 0 Å². The van der Waals surface area contributed by atoms with Gasteiger partial charge in [0.25, 0.3) is 11.1 Å². The minimum absolute atomic E-state index is 0.0596. The van der Waals surface area contributed by atoms with Gasteiger partial charge >= 0.3 is 0 Å². The maximum Gasteiger partial charge on any atom is 0.294 e. The summed E-state index contributed by atoms with van der Waals surface area (Å²) in [6.07, 6.45) is 6.78. The molecule has 0 bridgehead atoms. The van der Waals surface area contributed by atoms with Crippen molar-refractivity contribution in [1.82, 2.24) is 4.90 Å². The molecule has 2 aromatic rings. The molecule has 0 spiro atoms. The fourth-order valence-corrected chi connectivity index (χ4v) is 4.36. The summed E-state index contributed by atoms with van der Waals surface area (Å²) in [5, 5.41) is 2.11. The molecule has 2 aromatic carbocycles. The Bertz CT molecular complexity index is 1170. The van der Waals surface area contributed by atoms with Crippen molar-refractivity contribution in [2.24, 2.45) is 0 Å². The number of thioether (sulfide) groups is 1. The Labute approximate surface area is 203 Å². The molecule has 10 heteroatoms. The lowest BCUT2D eigenvalue weighted by molar-refractivity contribution is -0.127. The van der Waals surface area contributed by atoms with E-state index >= 15 is 0 Å². The molecule has 33 heavy (non-hydrogen) atoms. The van der Waals surface area contributed by atoms with Gasteiger partial charge in [-0.25, -0.2) is 0 Å². The minimum atomic E-state index is -0.567. The number of hydrogen-bond acceptors (Lipinski definition) is 7. The van der Waals surface area contributed by atoms with Gasteiger partial charge in [0.2, 0.25) is 5.91 Å². The Morgan fingerprint density at radius 2 is 1.94 bits per heavy atom. The van der Waals surface area contributed by atoms with Gasteiger partial charge in [0.1, 0.15) is 18.9 Å². The first-order chi connectivity index (χ1) is 15.9. The number of halogens is 1. The molecule has 1 fully saturated rings. The molecule has 0 unspecified atom stereocenters. The number of nitrogens with zero attached hydrogens (tertiary/aromatic N) is 1. The molecule has 0 atom stereocenters. The van der Waals surface area contributed by atoms with E-state index in [0.29, 0.717) is 33.0 Å². The maximum atomic E-state index is 12.8. The first-order valence-electron chi connectivity index (χ1n) is 9.50. The van der Waals surface area contributed by atoms with Crippen LogP contribution in [-0.2, 0) is 9.59 Å². The van der Waals surface area contributed by atoms with Crippen molar-refractivity contribution >= 4 is 56.5 Å². The number of carbonyl (C=O) groups excluding carboxylic acids is 3. The largest absolute Gasteiger partial charge is 0.495 e. The van der Waals surface area contributed by atoms with Crippen LogP contribution >= 0.6 is 27.7 Å². The zero-order valence-corrected chi connectivity index (χ0v) is 20.1. The summed E-state index contributed by atoms with van der Waals surface area (Å²) in [6, 6.07) is 10.2. The van der Waals surface area contributed by atoms with Crippen molar-refractivity contribution in [3.05, 3.63) is 51.3 Å². The summed E-state index contributed by atoms with van der Waals surface area (Å²) >= 11 is 4.15. The van der Waals surface area contributed by atoms with Crippen LogP contribution in [0.1, 0.15) is 5.56 Å². The molecule has 1 N–H and O–H groups in total. The summed E-state index contributed by atoms with van der Waals surface area (Å²) in [4.78, 5) is 38.7. The molecule has 1 aliphatic heterocycles. The molecule has 3 rings (SSSR count). The Morgan fingerprint density at radius 1 is 1.21 bits per heavy atom. The standard InChI is InChI=1S/C23H19BrN2O6S/c1-4-9-32-21-15(24)10-14(11-18(21)31-3)12-19-22(28)26(23(29)33-19)13-20(27)25-16-7-5-6-8-17(16)30-2/h1,5-8,10-12H,9,13H2,2-3H3,(H,25,27)/b19-12-. The minimum Gasteiger partial charge on any atom is -0.495 e. The van der Waals surface area contributed by atoms with Crippen LogP contribution in [0.4, 0.5) is 10.5 Å². The van der Waals surface area contributed by atoms with Gasteiger partial charge in [-0.05, 0) is 63.6 Å². The lowest BCUT2D eigenvalue weighted by Gasteiger charge is -2.14. The summed E-state index contributed by atoms with van der Waals surface area (Å²) in [5.74, 6) is 2.58. The Morgan fingerprint density at radius 3 is 2.64 bits per heavy atom. The van der Waals surface area contributed by atoms with Gasteiger partial charge in [-0.1, -0.05) is 18.1 Å². The number of nitrogens with one attached hydrogen (secondary N) is 1. The number of amides is 3. The molecule has 3 amide bonds. The third-order valence-electron chi connectivity index (χ3n) is 4.41. The number of hydrogen-bond donors (Lipinski definition) is 1. The number of imide groups is 1. The summed E-state index contributed by atoms with van der Waals surface area (Å²) in [6.45, 7) is -0.365. The quantitative estimate of drug-likeness (QED) is 0.404. The molecule has 0 aliphatic carbocycles. The highest BCUT2D eigenvalue weighted by Gasteiger charge is 2.36. The zero-order valence-electron chi connectivity index (χ0n) is 17.7. The van der Waals surface area contributed by atoms with Crippen LogP contribution in [0.5, 0.6) is 17.2 Å². The Hall–Kier alpha value is -3.42. The average molecular weight is 531 g/mol. The molecule has 1 heterocycles. The van der Waals surface area contributed by atoms with E-state index in [1.165, 1.54) is 14.2 Å². The normalized spacial score (nSPS) is 14.2. The highest BCUT2D eigenvalue weighted by atomic mass is 79.9. The van der Waals surface area contributed by atoms with E-state index < -0.39 is 23.6 Å². The molecule has 0 saturated carbocycles. The lowest BCUT2D eigenvalue weighted by Crippen LogP contribution is -2.36. The number of anilines is 1. The third kappa shape index (κ3) is 5.69. The van der Waals surface area contributed by atoms with Crippen LogP contribution in [0.3, 0.4) is 0 Å². The molecule has 170 valence electrons. The summed E-state index contributed by atoms with van der Waals surface area (Å²) < 4.78 is 16.6. The predicted octanol–water partition coefficient (Wildman–Crippen LogP) is 4.15. The smallest absolute Gasteiger partial charge is 0.294 e. The van der Waals surface area contributed by atoms with E-state index in [9.17, 15) is 14.4 Å². The second kappa shape index (κ2) is 10.9. The number of rotatable bonds is 8. The monoisotopic (exact) mass is 530 g/mol. The van der Waals surface area contributed by atoms with Gasteiger partial charge in [-0.2, -0.15) is 0 Å². The number of ether oxygens (including phenoxy) is 3. The zero-order chi connectivity index (χ0) is 24.0. The fraction of sp³-hybridized carbons (Fsp3) is 0.174. The van der Waals surface area contributed by atoms with Crippen molar-refractivity contribution in [1.29, 1.82) is 0 Å². The number of para-hydroxylation sites is 2. The van der Waals surface area contributed by atoms with Crippen molar-refractivity contribution in [2.45, 2.75) is 0 Å². The maximum absolute atomic E-state index is 12.8. The second-order valence-corrected chi connectivity index (χ2v) is 8.39. The van der Waals surface area contributed by atoms with E-state index in [1.807, 2.05) is 0 Å². The number of methoxy groups -OCH3 is 2. The van der Waals surface area contributed by atoms with E-state index in [-0.39, 0.29) is 11.5 Å². The Balaban J connectivity index is 1.76. The van der Waals surface area contributed by atoms with Gasteiger partial charge in [-0.3, -0.25) is 19.3 Å². The number of carbonyl (C=O) groups is 3.